The molecule has 238 valence electrons. The molecule has 1 spiro atoms. The minimum absolute atomic E-state index is 0.0284. The molecule has 4 aliphatic carbocycles. The van der Waals surface area contributed by atoms with Gasteiger partial charge in [-0.3, -0.25) is 0 Å². The molecule has 3 saturated carbocycles. The number of aromatic hydroxyl groups is 1. The molecule has 3 fully saturated rings. The zero-order chi connectivity index (χ0) is 30.3. The molecule has 5 rings (SSSR count). The van der Waals surface area contributed by atoms with Crippen LogP contribution in [-0.2, 0) is 0 Å². The van der Waals surface area contributed by atoms with Crippen molar-refractivity contribution < 1.29 is 36.6 Å². The smallest absolute Gasteiger partial charge is 0.453 e. The van der Waals surface area contributed by atoms with Gasteiger partial charge in [0.15, 0.2) is 0 Å². The molecule has 0 aromatic heterocycles. The van der Waals surface area contributed by atoms with Crippen molar-refractivity contribution in [2.45, 2.75) is 127 Å². The SMILES string of the molecule is C[C@]12CCC3c4ccc(O)cc4[C@H](F)C(CCCCCCCCSCCCC(F)(F)C(F)(F)F)C3C1C[C@@H](O)C21CC1. The van der Waals surface area contributed by atoms with Crippen LogP contribution in [0.25, 0.3) is 0 Å². The van der Waals surface area contributed by atoms with Crippen molar-refractivity contribution in [3.05, 3.63) is 29.3 Å². The van der Waals surface area contributed by atoms with E-state index < -0.39 is 24.7 Å². The molecule has 0 amide bonds. The van der Waals surface area contributed by atoms with E-state index in [1.54, 1.807) is 12.1 Å². The highest BCUT2D eigenvalue weighted by Crippen LogP contribution is 2.77. The van der Waals surface area contributed by atoms with Crippen LogP contribution in [0.1, 0.15) is 120 Å². The maximum atomic E-state index is 16.3. The monoisotopic (exact) mass is 620 g/mol. The third kappa shape index (κ3) is 5.95. The first-order chi connectivity index (χ1) is 19.8. The Morgan fingerprint density at radius 2 is 1.57 bits per heavy atom. The zero-order valence-electron chi connectivity index (χ0n) is 24.6. The molecular weight excluding hydrogens is 574 g/mol. The van der Waals surface area contributed by atoms with Crippen molar-refractivity contribution in [3.8, 4) is 5.75 Å². The lowest BCUT2D eigenvalue weighted by Crippen LogP contribution is -2.47. The average molecular weight is 621 g/mol. The molecule has 1 aromatic carbocycles. The summed E-state index contributed by atoms with van der Waals surface area (Å²) in [7, 11) is 0. The fraction of sp³-hybridized carbons (Fsp3) is 0.818. The largest absolute Gasteiger partial charge is 0.508 e. The quantitative estimate of drug-likeness (QED) is 0.170. The van der Waals surface area contributed by atoms with E-state index in [0.29, 0.717) is 17.2 Å². The molecule has 0 saturated heterocycles. The number of halogens is 6. The van der Waals surface area contributed by atoms with Crippen LogP contribution in [-0.4, -0.2) is 39.9 Å². The van der Waals surface area contributed by atoms with Crippen molar-refractivity contribution >= 4 is 11.8 Å². The predicted octanol–water partition coefficient (Wildman–Crippen LogP) is 10.1. The third-order valence-electron chi connectivity index (χ3n) is 11.7. The summed E-state index contributed by atoms with van der Waals surface area (Å²) in [6, 6.07) is 5.25. The number of unbranched alkanes of at least 4 members (excludes halogenated alkanes) is 5. The molecule has 0 aliphatic heterocycles. The second-order valence-corrected chi connectivity index (χ2v) is 15.1. The first-order valence-corrected chi connectivity index (χ1v) is 17.2. The molecule has 7 atom stereocenters. The Bertz CT molecular complexity index is 1080. The number of thioether (sulfide) groups is 1. The molecule has 1 aromatic rings. The summed E-state index contributed by atoms with van der Waals surface area (Å²) in [6.07, 6.45) is 3.52. The van der Waals surface area contributed by atoms with Gasteiger partial charge >= 0.3 is 12.1 Å². The number of hydrogen-bond acceptors (Lipinski definition) is 3. The molecule has 4 unspecified atom stereocenters. The maximum absolute atomic E-state index is 16.3. The van der Waals surface area contributed by atoms with Gasteiger partial charge in [-0.25, -0.2) is 4.39 Å². The van der Waals surface area contributed by atoms with E-state index in [0.717, 1.165) is 88.4 Å². The number of phenols is 1. The molecule has 0 bridgehead atoms. The number of phenolic OH excluding ortho intramolecular Hbond substituents is 1. The summed E-state index contributed by atoms with van der Waals surface area (Å²) >= 11 is 1.43. The Kier molecular flexibility index (Phi) is 9.51. The maximum Gasteiger partial charge on any atom is 0.453 e. The van der Waals surface area contributed by atoms with Crippen molar-refractivity contribution in [1.29, 1.82) is 0 Å². The Labute approximate surface area is 250 Å². The van der Waals surface area contributed by atoms with Gasteiger partial charge in [0.1, 0.15) is 11.9 Å². The van der Waals surface area contributed by atoms with Gasteiger partial charge < -0.3 is 10.2 Å². The summed E-state index contributed by atoms with van der Waals surface area (Å²) in [5, 5.41) is 21.3. The second kappa shape index (κ2) is 12.4. The molecular formula is C33H46F6O2S. The number of alkyl halides is 6. The van der Waals surface area contributed by atoms with Gasteiger partial charge in [-0.15, -0.1) is 0 Å². The highest BCUT2D eigenvalue weighted by atomic mass is 32.2. The number of aliphatic hydroxyl groups is 1. The van der Waals surface area contributed by atoms with Crippen LogP contribution < -0.4 is 0 Å². The van der Waals surface area contributed by atoms with Crippen molar-refractivity contribution in [1.82, 2.24) is 0 Å². The first-order valence-electron chi connectivity index (χ1n) is 16.0. The lowest BCUT2D eigenvalue weighted by Gasteiger charge is -2.54. The number of rotatable bonds is 13. The van der Waals surface area contributed by atoms with Gasteiger partial charge in [-0.2, -0.15) is 33.7 Å². The van der Waals surface area contributed by atoms with E-state index in [1.807, 2.05) is 6.07 Å². The van der Waals surface area contributed by atoms with Crippen LogP contribution >= 0.6 is 11.8 Å². The van der Waals surface area contributed by atoms with E-state index in [1.165, 1.54) is 11.8 Å². The summed E-state index contributed by atoms with van der Waals surface area (Å²) in [4.78, 5) is 0. The fourth-order valence-electron chi connectivity index (χ4n) is 9.25. The van der Waals surface area contributed by atoms with Crippen LogP contribution in [0.15, 0.2) is 18.2 Å². The minimum atomic E-state index is -5.47. The molecule has 0 radical (unpaired) electrons. The van der Waals surface area contributed by atoms with E-state index in [9.17, 15) is 32.2 Å². The van der Waals surface area contributed by atoms with Crippen LogP contribution in [0.4, 0.5) is 26.3 Å². The van der Waals surface area contributed by atoms with Gasteiger partial charge in [0.05, 0.1) is 6.10 Å². The van der Waals surface area contributed by atoms with E-state index in [4.69, 9.17) is 0 Å². The van der Waals surface area contributed by atoms with Crippen LogP contribution in [0, 0.1) is 28.6 Å². The fourth-order valence-corrected chi connectivity index (χ4v) is 10.2. The van der Waals surface area contributed by atoms with E-state index in [-0.39, 0.29) is 46.9 Å². The van der Waals surface area contributed by atoms with Gasteiger partial charge in [0, 0.05) is 11.8 Å². The number of aliphatic hydroxyl groups excluding tert-OH is 1. The van der Waals surface area contributed by atoms with Gasteiger partial charge in [-0.1, -0.05) is 45.1 Å². The summed E-state index contributed by atoms with van der Waals surface area (Å²) in [6.45, 7) is 2.36. The predicted molar refractivity (Wildman–Crippen MR) is 155 cm³/mol. The number of hydrogen-bond donors (Lipinski definition) is 2. The Morgan fingerprint density at radius 3 is 2.26 bits per heavy atom. The lowest BCUT2D eigenvalue weighted by atomic mass is 9.50. The highest BCUT2D eigenvalue weighted by Gasteiger charge is 2.71. The first kappa shape index (κ1) is 32.3. The topological polar surface area (TPSA) is 40.5 Å². The van der Waals surface area contributed by atoms with Crippen molar-refractivity contribution in [2.75, 3.05) is 11.5 Å². The van der Waals surface area contributed by atoms with Gasteiger partial charge in [-0.05, 0) is 115 Å². The Hall–Kier alpha value is -1.09. The molecule has 42 heavy (non-hydrogen) atoms. The highest BCUT2D eigenvalue weighted by molar-refractivity contribution is 7.99. The van der Waals surface area contributed by atoms with Gasteiger partial charge in [0.2, 0.25) is 0 Å². The third-order valence-corrected chi connectivity index (χ3v) is 12.8. The summed E-state index contributed by atoms with van der Waals surface area (Å²) < 4.78 is 78.9. The van der Waals surface area contributed by atoms with Crippen molar-refractivity contribution in [2.24, 2.45) is 28.6 Å². The van der Waals surface area contributed by atoms with E-state index in [2.05, 4.69) is 6.92 Å². The molecule has 4 aliphatic rings. The van der Waals surface area contributed by atoms with Crippen LogP contribution in [0.3, 0.4) is 0 Å². The standard InChI is InChI=1S/C33H46F6O2S/c1-30-14-12-23-22-11-10-21(40)19-25(22)29(34)24(28(23)26(30)20-27(41)31(30)15-16-31)9-6-4-2-3-5-7-17-42-18-8-13-32(35,36)33(37,38)39/h10-11,19,23-24,26-29,40-41H,2-9,12-18,20H2,1H3/t23?,24?,26?,27-,28?,29-,30+/m1/s1. The minimum Gasteiger partial charge on any atom is -0.508 e. The summed E-state index contributed by atoms with van der Waals surface area (Å²) in [5.41, 5.74) is 1.81. The van der Waals surface area contributed by atoms with Crippen LogP contribution in [0.2, 0.25) is 0 Å². The molecule has 0 heterocycles. The van der Waals surface area contributed by atoms with Gasteiger partial charge in [0.25, 0.3) is 0 Å². The van der Waals surface area contributed by atoms with Crippen molar-refractivity contribution in [3.63, 3.8) is 0 Å². The lowest BCUT2D eigenvalue weighted by molar-refractivity contribution is -0.284. The van der Waals surface area contributed by atoms with E-state index >= 15 is 4.39 Å². The normalized spacial score (nSPS) is 33.3. The zero-order valence-corrected chi connectivity index (χ0v) is 25.4. The molecule has 9 heteroatoms. The van der Waals surface area contributed by atoms with Crippen LogP contribution in [0.5, 0.6) is 5.75 Å². The summed E-state index contributed by atoms with van der Waals surface area (Å²) in [5.74, 6) is -2.75. The molecule has 2 nitrogen and oxygen atoms in total. The number of fused-ring (bicyclic) bond motifs is 6. The Balaban J connectivity index is 1.08. The second-order valence-electron chi connectivity index (χ2n) is 13.9. The molecule has 2 N–H and O–H groups in total. The number of benzene rings is 1. The average Bonchev–Trinajstić information content (AvgIpc) is 3.71. The Morgan fingerprint density at radius 1 is 0.905 bits per heavy atom.